The van der Waals surface area contributed by atoms with Gasteiger partial charge in [0, 0.05) is 25.8 Å². The molecule has 0 saturated heterocycles. The average Bonchev–Trinajstić information content (AvgIpc) is 2.42. The number of hydrogen-bond donors (Lipinski definition) is 1. The van der Waals surface area contributed by atoms with Crippen molar-refractivity contribution in [3.8, 4) is 5.75 Å². The molecule has 0 aromatic heterocycles. The molecule has 0 aliphatic heterocycles. The van der Waals surface area contributed by atoms with Crippen LogP contribution in [-0.2, 0) is 4.74 Å². The van der Waals surface area contributed by atoms with Gasteiger partial charge >= 0.3 is 0 Å². The van der Waals surface area contributed by atoms with Crippen LogP contribution in [0.1, 0.15) is 19.8 Å². The molecule has 3 nitrogen and oxygen atoms in total. The maximum absolute atomic E-state index is 13.3. The van der Waals surface area contributed by atoms with Gasteiger partial charge in [0.05, 0.1) is 9.50 Å². The van der Waals surface area contributed by atoms with Crippen molar-refractivity contribution >= 4 is 27.5 Å². The zero-order chi connectivity index (χ0) is 14.8. The first-order chi connectivity index (χ1) is 9.65. The van der Waals surface area contributed by atoms with Crippen LogP contribution in [0.15, 0.2) is 16.6 Å². The number of ether oxygens (including phenoxy) is 2. The number of rotatable bonds is 10. The molecule has 6 heteroatoms. The van der Waals surface area contributed by atoms with Crippen LogP contribution in [0.2, 0.25) is 5.02 Å². The van der Waals surface area contributed by atoms with Crippen LogP contribution >= 0.6 is 27.5 Å². The van der Waals surface area contributed by atoms with Crippen LogP contribution in [0.3, 0.4) is 0 Å². The molecule has 0 radical (unpaired) electrons. The van der Waals surface area contributed by atoms with Gasteiger partial charge in [0.1, 0.15) is 18.2 Å². The monoisotopic (exact) mass is 367 g/mol. The van der Waals surface area contributed by atoms with Gasteiger partial charge in [-0.1, -0.05) is 11.6 Å². The SMILES string of the molecule is CCOCCCCNCCOc1cc(F)c(Cl)cc1Br. The Morgan fingerprint density at radius 2 is 2.05 bits per heavy atom. The predicted molar refractivity (Wildman–Crippen MR) is 83.2 cm³/mol. The zero-order valence-electron chi connectivity index (χ0n) is 11.6. The molecule has 1 aromatic rings. The Morgan fingerprint density at radius 3 is 2.80 bits per heavy atom. The third kappa shape index (κ3) is 6.88. The Hall–Kier alpha value is -0.360. The maximum atomic E-state index is 13.3. The Kier molecular flexibility index (Phi) is 9.18. The Morgan fingerprint density at radius 1 is 1.25 bits per heavy atom. The molecule has 0 unspecified atom stereocenters. The Balaban J connectivity index is 2.11. The van der Waals surface area contributed by atoms with E-state index in [9.17, 15) is 4.39 Å². The topological polar surface area (TPSA) is 30.5 Å². The summed E-state index contributed by atoms with van der Waals surface area (Å²) in [5.74, 6) is -0.0150. The Labute approximate surface area is 132 Å². The van der Waals surface area contributed by atoms with Crippen LogP contribution in [0.25, 0.3) is 0 Å². The maximum Gasteiger partial charge on any atom is 0.145 e. The lowest BCUT2D eigenvalue weighted by molar-refractivity contribution is 0.143. The molecule has 0 saturated carbocycles. The highest BCUT2D eigenvalue weighted by atomic mass is 79.9. The van der Waals surface area contributed by atoms with E-state index in [4.69, 9.17) is 21.1 Å². The normalized spacial score (nSPS) is 10.8. The van der Waals surface area contributed by atoms with Gasteiger partial charge < -0.3 is 14.8 Å². The number of hydrogen-bond acceptors (Lipinski definition) is 3. The summed E-state index contributed by atoms with van der Waals surface area (Å²) in [6.07, 6.45) is 2.12. The summed E-state index contributed by atoms with van der Waals surface area (Å²) in [5, 5.41) is 3.34. The van der Waals surface area contributed by atoms with Gasteiger partial charge in [0.2, 0.25) is 0 Å². The van der Waals surface area contributed by atoms with Gasteiger partial charge in [-0.3, -0.25) is 0 Å². The molecule has 114 valence electrons. The van der Waals surface area contributed by atoms with Crippen molar-refractivity contribution in [2.45, 2.75) is 19.8 Å². The molecule has 1 aromatic carbocycles. The number of halogens is 3. The van der Waals surface area contributed by atoms with Crippen molar-refractivity contribution in [2.24, 2.45) is 0 Å². The second-order valence-corrected chi connectivity index (χ2v) is 5.46. The summed E-state index contributed by atoms with van der Waals surface area (Å²) in [6, 6.07) is 2.78. The molecular formula is C14H20BrClFNO2. The zero-order valence-corrected chi connectivity index (χ0v) is 13.9. The summed E-state index contributed by atoms with van der Waals surface area (Å²) < 4.78 is 24.7. The fourth-order valence-corrected chi connectivity index (χ4v) is 2.32. The lowest BCUT2D eigenvalue weighted by atomic mass is 10.3. The van der Waals surface area contributed by atoms with E-state index < -0.39 is 5.82 Å². The third-order valence-corrected chi connectivity index (χ3v) is 3.52. The van der Waals surface area contributed by atoms with Gasteiger partial charge in [0.25, 0.3) is 0 Å². The largest absolute Gasteiger partial charge is 0.491 e. The lowest BCUT2D eigenvalue weighted by Gasteiger charge is -2.10. The number of benzene rings is 1. The molecule has 20 heavy (non-hydrogen) atoms. The van der Waals surface area contributed by atoms with E-state index in [1.54, 1.807) is 0 Å². The fraction of sp³-hybridized carbons (Fsp3) is 0.571. The van der Waals surface area contributed by atoms with E-state index >= 15 is 0 Å². The highest BCUT2D eigenvalue weighted by molar-refractivity contribution is 9.10. The molecular weight excluding hydrogens is 349 g/mol. The highest BCUT2D eigenvalue weighted by Crippen LogP contribution is 2.30. The smallest absolute Gasteiger partial charge is 0.145 e. The van der Waals surface area contributed by atoms with Crippen LogP contribution in [0, 0.1) is 5.82 Å². The minimum Gasteiger partial charge on any atom is -0.491 e. The molecule has 0 atom stereocenters. The highest BCUT2D eigenvalue weighted by Gasteiger charge is 2.07. The van der Waals surface area contributed by atoms with Gasteiger partial charge in [-0.05, 0) is 48.3 Å². The van der Waals surface area contributed by atoms with E-state index in [1.165, 1.54) is 12.1 Å². The van der Waals surface area contributed by atoms with Crippen LogP contribution < -0.4 is 10.1 Å². The van der Waals surface area contributed by atoms with Crippen molar-refractivity contribution < 1.29 is 13.9 Å². The van der Waals surface area contributed by atoms with Gasteiger partial charge in [-0.2, -0.15) is 0 Å². The summed E-state index contributed by atoms with van der Waals surface area (Å²) in [6.45, 7) is 5.69. The summed E-state index contributed by atoms with van der Waals surface area (Å²) in [4.78, 5) is 0. The van der Waals surface area contributed by atoms with Crippen LogP contribution in [0.5, 0.6) is 5.75 Å². The second-order valence-electron chi connectivity index (χ2n) is 4.20. The van der Waals surface area contributed by atoms with Crippen molar-refractivity contribution in [1.82, 2.24) is 5.32 Å². The van der Waals surface area contributed by atoms with E-state index in [0.29, 0.717) is 23.4 Å². The molecule has 0 bridgehead atoms. The number of unbranched alkanes of at least 4 members (excludes halogenated alkanes) is 1. The van der Waals surface area contributed by atoms with E-state index in [2.05, 4.69) is 21.2 Å². The molecule has 0 fully saturated rings. The lowest BCUT2D eigenvalue weighted by Crippen LogP contribution is -2.22. The van der Waals surface area contributed by atoms with Crippen molar-refractivity contribution in [2.75, 3.05) is 32.9 Å². The minimum atomic E-state index is -0.478. The average molecular weight is 369 g/mol. The van der Waals surface area contributed by atoms with E-state index in [1.807, 2.05) is 6.92 Å². The van der Waals surface area contributed by atoms with Crippen molar-refractivity contribution in [1.29, 1.82) is 0 Å². The Bertz CT molecular complexity index is 407. The van der Waals surface area contributed by atoms with Gasteiger partial charge in [0.15, 0.2) is 0 Å². The quantitative estimate of drug-likeness (QED) is 0.500. The molecule has 1 rings (SSSR count). The molecule has 1 N–H and O–H groups in total. The molecule has 0 amide bonds. The van der Waals surface area contributed by atoms with Crippen LogP contribution in [-0.4, -0.2) is 32.9 Å². The molecule has 0 aliphatic rings. The van der Waals surface area contributed by atoms with Crippen LogP contribution in [0.4, 0.5) is 4.39 Å². The standard InChI is InChI=1S/C14H20BrClFNO2/c1-2-19-7-4-3-5-18-6-8-20-14-10-13(17)12(16)9-11(14)15/h9-10,18H,2-8H2,1H3. The summed E-state index contributed by atoms with van der Waals surface area (Å²) >= 11 is 8.95. The first kappa shape index (κ1) is 17.7. The second kappa shape index (κ2) is 10.4. The molecule has 0 heterocycles. The van der Waals surface area contributed by atoms with E-state index in [0.717, 1.165) is 32.6 Å². The van der Waals surface area contributed by atoms with Crippen molar-refractivity contribution in [3.63, 3.8) is 0 Å². The van der Waals surface area contributed by atoms with Crippen molar-refractivity contribution in [3.05, 3.63) is 27.4 Å². The minimum absolute atomic E-state index is 0.0802. The first-order valence-electron chi connectivity index (χ1n) is 6.71. The first-order valence-corrected chi connectivity index (χ1v) is 7.88. The summed E-state index contributed by atoms with van der Waals surface area (Å²) in [5.41, 5.74) is 0. The molecule has 0 aliphatic carbocycles. The fourth-order valence-electron chi connectivity index (χ4n) is 1.57. The number of nitrogens with one attached hydrogen (secondary N) is 1. The van der Waals surface area contributed by atoms with Gasteiger partial charge in [-0.15, -0.1) is 0 Å². The summed E-state index contributed by atoms with van der Waals surface area (Å²) in [7, 11) is 0. The van der Waals surface area contributed by atoms with Gasteiger partial charge in [-0.25, -0.2) is 4.39 Å². The van der Waals surface area contributed by atoms with E-state index in [-0.39, 0.29) is 5.02 Å². The molecule has 0 spiro atoms. The predicted octanol–water partition coefficient (Wildman–Crippen LogP) is 4.03. The third-order valence-electron chi connectivity index (χ3n) is 2.61.